The molecule has 4 nitrogen and oxygen atoms in total. The average molecular weight is 310 g/mol. The molecule has 0 radical (unpaired) electrons. The minimum Gasteiger partial charge on any atom is -0.481 e. The molecular formula is C19H22N2O2. The van der Waals surface area contributed by atoms with Gasteiger partial charge in [0.2, 0.25) is 0 Å². The molecule has 0 spiro atoms. The number of aliphatic carboxylic acids is 1. The van der Waals surface area contributed by atoms with Gasteiger partial charge in [-0.15, -0.1) is 0 Å². The third-order valence-electron chi connectivity index (χ3n) is 3.80. The van der Waals surface area contributed by atoms with Gasteiger partial charge in [0, 0.05) is 0 Å². The second-order valence-corrected chi connectivity index (χ2v) is 5.49. The fourth-order valence-electron chi connectivity index (χ4n) is 2.41. The zero-order chi connectivity index (χ0) is 16.7. The molecule has 1 N–H and O–H groups in total. The zero-order valence-electron chi connectivity index (χ0n) is 13.6. The first kappa shape index (κ1) is 16.9. The van der Waals surface area contributed by atoms with E-state index in [1.165, 1.54) is 5.56 Å². The van der Waals surface area contributed by atoms with E-state index >= 15 is 0 Å². The molecule has 0 amide bonds. The monoisotopic (exact) mass is 310 g/mol. The normalized spacial score (nSPS) is 12.4. The Morgan fingerprint density at radius 2 is 1.48 bits per heavy atom. The van der Waals surface area contributed by atoms with Crippen LogP contribution < -0.4 is 0 Å². The van der Waals surface area contributed by atoms with Crippen LogP contribution in [0.15, 0.2) is 58.8 Å². The van der Waals surface area contributed by atoms with Crippen molar-refractivity contribution in [1.29, 1.82) is 0 Å². The SMILES string of the molecule is CCCC(C(=O)O)c1ccc(N=Nc2ccc(CC)cc2)cc1. The summed E-state index contributed by atoms with van der Waals surface area (Å²) in [4.78, 5) is 11.3. The molecule has 0 aliphatic rings. The van der Waals surface area contributed by atoms with E-state index in [2.05, 4.69) is 17.2 Å². The highest BCUT2D eigenvalue weighted by atomic mass is 16.4. The number of carboxylic acids is 1. The van der Waals surface area contributed by atoms with E-state index in [0.717, 1.165) is 24.1 Å². The molecule has 2 rings (SSSR count). The average Bonchev–Trinajstić information content (AvgIpc) is 2.58. The lowest BCUT2D eigenvalue weighted by molar-refractivity contribution is -0.139. The van der Waals surface area contributed by atoms with E-state index < -0.39 is 11.9 Å². The maximum absolute atomic E-state index is 11.3. The van der Waals surface area contributed by atoms with E-state index in [9.17, 15) is 9.90 Å². The smallest absolute Gasteiger partial charge is 0.310 e. The lowest BCUT2D eigenvalue weighted by Gasteiger charge is -2.11. The Hall–Kier alpha value is -2.49. The van der Waals surface area contributed by atoms with Crippen LogP contribution in [0.5, 0.6) is 0 Å². The number of carboxylic acid groups (broad SMARTS) is 1. The third-order valence-corrected chi connectivity index (χ3v) is 3.80. The summed E-state index contributed by atoms with van der Waals surface area (Å²) in [5.74, 6) is -1.23. The fourth-order valence-corrected chi connectivity index (χ4v) is 2.41. The lowest BCUT2D eigenvalue weighted by atomic mass is 9.94. The zero-order valence-corrected chi connectivity index (χ0v) is 13.6. The minimum absolute atomic E-state index is 0.451. The first-order valence-corrected chi connectivity index (χ1v) is 7.97. The van der Waals surface area contributed by atoms with Gasteiger partial charge in [0.05, 0.1) is 17.3 Å². The quantitative estimate of drug-likeness (QED) is 0.673. The van der Waals surface area contributed by atoms with E-state index in [1.54, 1.807) is 0 Å². The van der Waals surface area contributed by atoms with Gasteiger partial charge < -0.3 is 5.11 Å². The number of carbonyl (C=O) groups is 1. The van der Waals surface area contributed by atoms with Gasteiger partial charge in [-0.1, -0.05) is 44.5 Å². The number of benzene rings is 2. The van der Waals surface area contributed by atoms with E-state index in [1.807, 2.05) is 55.5 Å². The molecule has 23 heavy (non-hydrogen) atoms. The molecule has 0 aliphatic heterocycles. The number of hydrogen-bond acceptors (Lipinski definition) is 3. The van der Waals surface area contributed by atoms with E-state index in [0.29, 0.717) is 12.1 Å². The van der Waals surface area contributed by atoms with Crippen LogP contribution >= 0.6 is 0 Å². The van der Waals surface area contributed by atoms with Crippen molar-refractivity contribution in [2.45, 2.75) is 39.0 Å². The fraction of sp³-hybridized carbons (Fsp3) is 0.316. The van der Waals surface area contributed by atoms with Crippen molar-refractivity contribution in [3.63, 3.8) is 0 Å². The largest absolute Gasteiger partial charge is 0.481 e. The Labute approximate surface area is 136 Å². The summed E-state index contributed by atoms with van der Waals surface area (Å²) in [6, 6.07) is 15.2. The van der Waals surface area contributed by atoms with E-state index in [4.69, 9.17) is 0 Å². The van der Waals surface area contributed by atoms with Crippen molar-refractivity contribution in [3.8, 4) is 0 Å². The molecule has 2 aromatic rings. The summed E-state index contributed by atoms with van der Waals surface area (Å²) in [6.45, 7) is 4.10. The molecule has 0 aliphatic carbocycles. The Kier molecular flexibility index (Phi) is 6.03. The van der Waals surface area contributed by atoms with E-state index in [-0.39, 0.29) is 0 Å². The molecule has 120 valence electrons. The highest BCUT2D eigenvalue weighted by Crippen LogP contribution is 2.25. The van der Waals surface area contributed by atoms with Crippen LogP contribution in [0.1, 0.15) is 43.7 Å². The van der Waals surface area contributed by atoms with Gasteiger partial charge >= 0.3 is 5.97 Å². The molecule has 0 saturated carbocycles. The molecule has 4 heteroatoms. The Morgan fingerprint density at radius 1 is 0.957 bits per heavy atom. The molecule has 1 atom stereocenters. The Bertz CT molecular complexity index is 661. The summed E-state index contributed by atoms with van der Waals surface area (Å²) in [5, 5.41) is 17.7. The number of nitrogens with zero attached hydrogens (tertiary/aromatic N) is 2. The molecular weight excluding hydrogens is 288 g/mol. The standard InChI is InChI=1S/C19H22N2O2/c1-3-5-18(19(22)23)15-8-12-17(13-9-15)21-20-16-10-6-14(4-2)7-11-16/h6-13,18H,3-5H2,1-2H3,(H,22,23). The number of hydrogen-bond donors (Lipinski definition) is 1. The second kappa shape index (κ2) is 8.22. The van der Waals surface area contributed by atoms with Crippen molar-refractivity contribution in [3.05, 3.63) is 59.7 Å². The topological polar surface area (TPSA) is 62.0 Å². The third kappa shape index (κ3) is 4.74. The van der Waals surface area contributed by atoms with Gasteiger partial charge in [-0.3, -0.25) is 4.79 Å². The highest BCUT2D eigenvalue weighted by Gasteiger charge is 2.18. The first-order valence-electron chi connectivity index (χ1n) is 7.97. The van der Waals surface area contributed by atoms with Crippen LogP contribution in [-0.2, 0) is 11.2 Å². The van der Waals surface area contributed by atoms with Crippen LogP contribution in [-0.4, -0.2) is 11.1 Å². The predicted octanol–water partition coefficient (Wildman–Crippen LogP) is 5.63. The first-order chi connectivity index (χ1) is 11.1. The second-order valence-electron chi connectivity index (χ2n) is 5.49. The van der Waals surface area contributed by atoms with Crippen LogP contribution in [0, 0.1) is 0 Å². The van der Waals surface area contributed by atoms with Crippen LogP contribution in [0.25, 0.3) is 0 Å². The molecule has 0 saturated heterocycles. The predicted molar refractivity (Wildman–Crippen MR) is 91.7 cm³/mol. The van der Waals surface area contributed by atoms with Crippen molar-refractivity contribution >= 4 is 17.3 Å². The maximum atomic E-state index is 11.3. The molecule has 0 heterocycles. The number of aryl methyl sites for hydroxylation is 1. The minimum atomic E-state index is -0.780. The summed E-state index contributed by atoms with van der Waals surface area (Å²) >= 11 is 0. The van der Waals surface area contributed by atoms with Crippen molar-refractivity contribution in [2.75, 3.05) is 0 Å². The summed E-state index contributed by atoms with van der Waals surface area (Å²) in [5.41, 5.74) is 3.60. The number of azo groups is 1. The maximum Gasteiger partial charge on any atom is 0.310 e. The van der Waals surface area contributed by atoms with Crippen molar-refractivity contribution < 1.29 is 9.90 Å². The van der Waals surface area contributed by atoms with Gasteiger partial charge in [-0.25, -0.2) is 0 Å². The van der Waals surface area contributed by atoms with Crippen molar-refractivity contribution in [2.24, 2.45) is 10.2 Å². The van der Waals surface area contributed by atoms with Gasteiger partial charge in [0.1, 0.15) is 0 Å². The summed E-state index contributed by atoms with van der Waals surface area (Å²) < 4.78 is 0. The van der Waals surface area contributed by atoms with Crippen LogP contribution in [0.2, 0.25) is 0 Å². The van der Waals surface area contributed by atoms with Crippen molar-refractivity contribution in [1.82, 2.24) is 0 Å². The molecule has 0 bridgehead atoms. The summed E-state index contributed by atoms with van der Waals surface area (Å²) in [7, 11) is 0. The van der Waals surface area contributed by atoms with Gasteiger partial charge in [0.15, 0.2) is 0 Å². The van der Waals surface area contributed by atoms with Gasteiger partial charge in [0.25, 0.3) is 0 Å². The molecule has 1 unspecified atom stereocenters. The van der Waals surface area contributed by atoms with Gasteiger partial charge in [-0.05, 0) is 48.2 Å². The highest BCUT2D eigenvalue weighted by molar-refractivity contribution is 5.76. The van der Waals surface area contributed by atoms with Gasteiger partial charge in [-0.2, -0.15) is 10.2 Å². The Balaban J connectivity index is 2.09. The lowest BCUT2D eigenvalue weighted by Crippen LogP contribution is -2.10. The van der Waals surface area contributed by atoms with Crippen LogP contribution in [0.4, 0.5) is 11.4 Å². The van der Waals surface area contributed by atoms with Crippen LogP contribution in [0.3, 0.4) is 0 Å². The molecule has 2 aromatic carbocycles. The molecule has 0 aromatic heterocycles. The summed E-state index contributed by atoms with van der Waals surface area (Å²) in [6.07, 6.45) is 2.48. The number of rotatable bonds is 7. The Morgan fingerprint density at radius 3 is 1.91 bits per heavy atom. The molecule has 0 fully saturated rings.